The molecule has 2 rings (SSSR count). The number of primary amides is 1. The fraction of sp³-hybridized carbons (Fsp3) is 0.333. The Kier molecular flexibility index (Phi) is 5.90. The molecule has 0 bridgehead atoms. The Morgan fingerprint density at radius 2 is 1.96 bits per heavy atom. The van der Waals surface area contributed by atoms with Gasteiger partial charge in [-0.15, -0.1) is 0 Å². The number of halogens is 2. The quantitative estimate of drug-likeness (QED) is 0.586. The summed E-state index contributed by atoms with van der Waals surface area (Å²) in [6, 6.07) is 2.76. The van der Waals surface area contributed by atoms with E-state index in [4.69, 9.17) is 16.2 Å². The van der Waals surface area contributed by atoms with Crippen molar-refractivity contribution in [3.05, 3.63) is 46.7 Å². The van der Waals surface area contributed by atoms with Gasteiger partial charge in [-0.3, -0.25) is 4.79 Å². The molecule has 7 heteroatoms. The number of anilines is 1. The largest absolute Gasteiger partial charge is 0.436 e. The van der Waals surface area contributed by atoms with Gasteiger partial charge in [0.15, 0.2) is 11.6 Å². The van der Waals surface area contributed by atoms with E-state index in [-0.39, 0.29) is 22.9 Å². The zero-order chi connectivity index (χ0) is 18.6. The maximum absolute atomic E-state index is 14.3. The standard InChI is InChI=1S/C18H21F2N3O2/c1-3-4-5-6-12-10(2)17(15(20)14(19)16(12)21)25-13-8-7-11(9-23-13)18(22)24/h7-9H,3-6,21H2,1-2H3,(H2,22,24). The predicted molar refractivity (Wildman–Crippen MR) is 91.6 cm³/mol. The van der Waals surface area contributed by atoms with Gasteiger partial charge < -0.3 is 16.2 Å². The van der Waals surface area contributed by atoms with Gasteiger partial charge in [0.1, 0.15) is 0 Å². The molecule has 0 saturated heterocycles. The number of unbranched alkanes of at least 4 members (excludes halogenated alkanes) is 2. The summed E-state index contributed by atoms with van der Waals surface area (Å²) in [5.41, 5.74) is 11.9. The van der Waals surface area contributed by atoms with Crippen LogP contribution in [0, 0.1) is 18.6 Å². The van der Waals surface area contributed by atoms with Crippen molar-refractivity contribution in [3.63, 3.8) is 0 Å². The predicted octanol–water partition coefficient (Wildman–Crippen LogP) is 3.87. The van der Waals surface area contributed by atoms with Gasteiger partial charge in [0.05, 0.1) is 11.3 Å². The van der Waals surface area contributed by atoms with Crippen LogP contribution in [-0.4, -0.2) is 10.9 Å². The zero-order valence-corrected chi connectivity index (χ0v) is 14.2. The van der Waals surface area contributed by atoms with Crippen molar-refractivity contribution in [2.24, 2.45) is 5.73 Å². The van der Waals surface area contributed by atoms with Gasteiger partial charge in [-0.05, 0) is 31.4 Å². The van der Waals surface area contributed by atoms with Crippen LogP contribution in [0.5, 0.6) is 11.6 Å². The SMILES string of the molecule is CCCCCc1c(C)c(Oc2ccc(C(N)=O)cn2)c(F)c(F)c1N. The molecular weight excluding hydrogens is 328 g/mol. The van der Waals surface area contributed by atoms with E-state index in [2.05, 4.69) is 11.9 Å². The summed E-state index contributed by atoms with van der Waals surface area (Å²) in [5, 5.41) is 0. The first kappa shape index (κ1) is 18.6. The fourth-order valence-electron chi connectivity index (χ4n) is 2.54. The van der Waals surface area contributed by atoms with E-state index >= 15 is 0 Å². The number of aromatic nitrogens is 1. The highest BCUT2D eigenvalue weighted by Crippen LogP contribution is 2.36. The molecule has 134 valence electrons. The van der Waals surface area contributed by atoms with E-state index < -0.39 is 17.5 Å². The maximum atomic E-state index is 14.3. The molecule has 5 nitrogen and oxygen atoms in total. The molecule has 0 aliphatic rings. The van der Waals surface area contributed by atoms with Crippen LogP contribution >= 0.6 is 0 Å². The summed E-state index contributed by atoms with van der Waals surface area (Å²) in [6.07, 6.45) is 4.53. The minimum absolute atomic E-state index is 0.0238. The van der Waals surface area contributed by atoms with Crippen molar-refractivity contribution in [1.29, 1.82) is 0 Å². The lowest BCUT2D eigenvalue weighted by Gasteiger charge is -2.16. The molecule has 1 amide bonds. The van der Waals surface area contributed by atoms with Crippen molar-refractivity contribution in [2.45, 2.75) is 39.5 Å². The molecule has 1 aromatic carbocycles. The monoisotopic (exact) mass is 349 g/mol. The highest BCUT2D eigenvalue weighted by molar-refractivity contribution is 5.92. The summed E-state index contributed by atoms with van der Waals surface area (Å²) >= 11 is 0. The van der Waals surface area contributed by atoms with Gasteiger partial charge in [0.2, 0.25) is 17.6 Å². The first-order valence-corrected chi connectivity index (χ1v) is 8.06. The first-order valence-electron chi connectivity index (χ1n) is 8.06. The van der Waals surface area contributed by atoms with Crippen LogP contribution in [-0.2, 0) is 6.42 Å². The van der Waals surface area contributed by atoms with Gasteiger partial charge in [0.25, 0.3) is 0 Å². The van der Waals surface area contributed by atoms with Crippen molar-refractivity contribution >= 4 is 11.6 Å². The first-order chi connectivity index (χ1) is 11.9. The summed E-state index contributed by atoms with van der Waals surface area (Å²) in [7, 11) is 0. The van der Waals surface area contributed by atoms with Gasteiger partial charge in [-0.1, -0.05) is 19.8 Å². The number of hydrogen-bond donors (Lipinski definition) is 2. The van der Waals surface area contributed by atoms with Gasteiger partial charge in [0, 0.05) is 17.8 Å². The van der Waals surface area contributed by atoms with Crippen LogP contribution in [0.15, 0.2) is 18.3 Å². The Morgan fingerprint density at radius 3 is 2.52 bits per heavy atom. The Hall–Kier alpha value is -2.70. The van der Waals surface area contributed by atoms with Crippen LogP contribution in [0.25, 0.3) is 0 Å². The van der Waals surface area contributed by atoms with Crippen molar-refractivity contribution in [3.8, 4) is 11.6 Å². The van der Waals surface area contributed by atoms with Crippen LogP contribution < -0.4 is 16.2 Å². The number of hydrogen-bond acceptors (Lipinski definition) is 4. The lowest BCUT2D eigenvalue weighted by atomic mass is 9.98. The van der Waals surface area contributed by atoms with Crippen molar-refractivity contribution in [2.75, 3.05) is 5.73 Å². The Labute approximate surface area is 145 Å². The van der Waals surface area contributed by atoms with E-state index in [0.717, 1.165) is 19.3 Å². The number of rotatable bonds is 7. The topological polar surface area (TPSA) is 91.2 Å². The van der Waals surface area contributed by atoms with Crippen LogP contribution in [0.3, 0.4) is 0 Å². The normalized spacial score (nSPS) is 10.7. The molecule has 0 atom stereocenters. The molecule has 0 radical (unpaired) electrons. The maximum Gasteiger partial charge on any atom is 0.250 e. The highest BCUT2D eigenvalue weighted by atomic mass is 19.2. The molecular formula is C18H21F2N3O2. The molecule has 4 N–H and O–H groups in total. The average Bonchev–Trinajstić information content (AvgIpc) is 2.60. The summed E-state index contributed by atoms with van der Waals surface area (Å²) in [6.45, 7) is 3.69. The number of nitrogen functional groups attached to an aromatic ring is 1. The third kappa shape index (κ3) is 4.04. The van der Waals surface area contributed by atoms with E-state index in [9.17, 15) is 13.6 Å². The second-order valence-electron chi connectivity index (χ2n) is 5.78. The Balaban J connectivity index is 2.37. The molecule has 0 aliphatic carbocycles. The molecule has 2 aromatic rings. The minimum atomic E-state index is -1.16. The van der Waals surface area contributed by atoms with E-state index in [1.54, 1.807) is 6.92 Å². The number of nitrogens with zero attached hydrogens (tertiary/aromatic N) is 1. The second kappa shape index (κ2) is 7.92. The molecule has 0 spiro atoms. The van der Waals surface area contributed by atoms with Crippen LogP contribution in [0.1, 0.15) is 47.7 Å². The summed E-state index contributed by atoms with van der Waals surface area (Å²) in [4.78, 5) is 14.9. The molecule has 0 saturated carbocycles. The lowest BCUT2D eigenvalue weighted by molar-refractivity contribution is 0.1000. The molecule has 1 aromatic heterocycles. The molecule has 25 heavy (non-hydrogen) atoms. The second-order valence-corrected chi connectivity index (χ2v) is 5.78. The van der Waals surface area contributed by atoms with E-state index in [1.807, 2.05) is 0 Å². The van der Waals surface area contributed by atoms with Crippen LogP contribution in [0.4, 0.5) is 14.5 Å². The van der Waals surface area contributed by atoms with Gasteiger partial charge in [-0.2, -0.15) is 4.39 Å². The zero-order valence-electron chi connectivity index (χ0n) is 14.2. The minimum Gasteiger partial charge on any atom is -0.436 e. The molecule has 0 unspecified atom stereocenters. The van der Waals surface area contributed by atoms with Gasteiger partial charge >= 0.3 is 0 Å². The molecule has 0 fully saturated rings. The summed E-state index contributed by atoms with van der Waals surface area (Å²) < 4.78 is 33.9. The molecule has 0 aliphatic heterocycles. The van der Waals surface area contributed by atoms with E-state index in [0.29, 0.717) is 17.5 Å². The fourth-order valence-corrected chi connectivity index (χ4v) is 2.54. The summed E-state index contributed by atoms with van der Waals surface area (Å²) in [5.74, 6) is -3.15. The third-order valence-corrected chi connectivity index (χ3v) is 4.00. The van der Waals surface area contributed by atoms with Gasteiger partial charge in [-0.25, -0.2) is 9.37 Å². The van der Waals surface area contributed by atoms with E-state index in [1.165, 1.54) is 18.3 Å². The number of ether oxygens (including phenoxy) is 1. The van der Waals surface area contributed by atoms with Crippen LogP contribution in [0.2, 0.25) is 0 Å². The number of pyridine rings is 1. The van der Waals surface area contributed by atoms with Crippen molar-refractivity contribution < 1.29 is 18.3 Å². The van der Waals surface area contributed by atoms with Crippen molar-refractivity contribution in [1.82, 2.24) is 4.98 Å². The third-order valence-electron chi connectivity index (χ3n) is 4.00. The number of benzene rings is 1. The number of carbonyl (C=O) groups is 1. The number of carbonyl (C=O) groups excluding carboxylic acids is 1. The Morgan fingerprint density at radius 1 is 1.24 bits per heavy atom. The number of nitrogens with two attached hydrogens (primary N) is 2. The highest BCUT2D eigenvalue weighted by Gasteiger charge is 2.22. The smallest absolute Gasteiger partial charge is 0.250 e. The lowest BCUT2D eigenvalue weighted by Crippen LogP contribution is -2.11. The molecule has 1 heterocycles. The number of amides is 1. The average molecular weight is 349 g/mol. The Bertz CT molecular complexity index is 777.